The van der Waals surface area contributed by atoms with Crippen LogP contribution in [0.3, 0.4) is 0 Å². The lowest BCUT2D eigenvalue weighted by molar-refractivity contribution is -0.127. The molecule has 7 heteroatoms. The Balaban J connectivity index is 0.00000288. The number of carbonyl (C=O) groups excluding carboxylic acids is 1. The molecule has 5 nitrogen and oxygen atoms in total. The predicted molar refractivity (Wildman–Crippen MR) is 98.1 cm³/mol. The Kier molecular flexibility index (Phi) is 8.84. The highest BCUT2D eigenvalue weighted by Crippen LogP contribution is 2.28. The molecule has 136 valence electrons. The van der Waals surface area contributed by atoms with Crippen molar-refractivity contribution < 1.29 is 14.3 Å². The van der Waals surface area contributed by atoms with Crippen LogP contribution in [0.4, 0.5) is 0 Å². The zero-order chi connectivity index (χ0) is 16.8. The molecule has 0 heterocycles. The van der Waals surface area contributed by atoms with Crippen molar-refractivity contribution in [2.45, 2.75) is 38.3 Å². The van der Waals surface area contributed by atoms with Crippen molar-refractivity contribution in [2.24, 2.45) is 11.7 Å². The number of aryl methyl sites for hydroxylation is 1. The second-order valence-electron chi connectivity index (χ2n) is 5.97. The fourth-order valence-corrected chi connectivity index (χ4v) is 3.21. The Morgan fingerprint density at radius 1 is 1.42 bits per heavy atom. The minimum Gasteiger partial charge on any atom is -0.490 e. The fraction of sp³-hybridized carbons (Fsp3) is 0.588. The third-order valence-corrected chi connectivity index (χ3v) is 4.63. The normalized spacial score (nSPS) is 23.2. The third kappa shape index (κ3) is 5.52. The van der Waals surface area contributed by atoms with Gasteiger partial charge in [-0.3, -0.25) is 4.79 Å². The van der Waals surface area contributed by atoms with Gasteiger partial charge in [0.15, 0.2) is 0 Å². The highest BCUT2D eigenvalue weighted by Gasteiger charge is 2.31. The molecule has 2 rings (SSSR count). The van der Waals surface area contributed by atoms with Crippen LogP contribution in [0.15, 0.2) is 18.2 Å². The number of nitrogens with one attached hydrogen (secondary N) is 1. The molecule has 3 atom stereocenters. The molecule has 0 aromatic heterocycles. The van der Waals surface area contributed by atoms with Gasteiger partial charge in [-0.2, -0.15) is 0 Å². The summed E-state index contributed by atoms with van der Waals surface area (Å²) < 4.78 is 11.0. The van der Waals surface area contributed by atoms with E-state index < -0.39 is 0 Å². The molecule has 0 unspecified atom stereocenters. The summed E-state index contributed by atoms with van der Waals surface area (Å²) >= 11 is 6.10. The first-order valence-electron chi connectivity index (χ1n) is 7.97. The van der Waals surface area contributed by atoms with Gasteiger partial charge < -0.3 is 20.5 Å². The maximum Gasteiger partial charge on any atom is 0.223 e. The number of carbonyl (C=O) groups is 1. The molecule has 1 saturated carbocycles. The van der Waals surface area contributed by atoms with E-state index in [4.69, 9.17) is 26.8 Å². The Morgan fingerprint density at radius 3 is 2.83 bits per heavy atom. The topological polar surface area (TPSA) is 73.6 Å². The van der Waals surface area contributed by atoms with Gasteiger partial charge in [-0.15, -0.1) is 12.4 Å². The van der Waals surface area contributed by atoms with E-state index >= 15 is 0 Å². The number of benzene rings is 1. The van der Waals surface area contributed by atoms with Crippen LogP contribution < -0.4 is 15.8 Å². The average Bonchev–Trinajstić information content (AvgIpc) is 2.54. The summed E-state index contributed by atoms with van der Waals surface area (Å²) in [7, 11) is 1.64. The smallest absolute Gasteiger partial charge is 0.223 e. The molecule has 1 aliphatic rings. The molecule has 3 N–H and O–H groups in total. The largest absolute Gasteiger partial charge is 0.490 e. The molecule has 1 amide bonds. The summed E-state index contributed by atoms with van der Waals surface area (Å²) in [5.41, 5.74) is 6.96. The van der Waals surface area contributed by atoms with E-state index in [0.717, 1.165) is 18.4 Å². The van der Waals surface area contributed by atoms with E-state index in [9.17, 15) is 4.79 Å². The number of rotatable bonds is 6. The van der Waals surface area contributed by atoms with E-state index in [2.05, 4.69) is 5.32 Å². The quantitative estimate of drug-likeness (QED) is 0.748. The summed E-state index contributed by atoms with van der Waals surface area (Å²) in [6.07, 6.45) is 2.25. The van der Waals surface area contributed by atoms with Crippen LogP contribution in [0.1, 0.15) is 24.8 Å². The number of para-hydroxylation sites is 1. The van der Waals surface area contributed by atoms with Crippen LogP contribution in [-0.2, 0) is 9.53 Å². The third-order valence-electron chi connectivity index (χ3n) is 4.33. The standard InChI is InChI=1S/C17H25ClN2O3.ClH/c1-11-4-3-5-13(18)16(11)23-9-8-20-17(21)12-6-7-14(19)15(10-12)22-2;/h3-5,12,14-15H,6-10,19H2,1-2H3,(H,20,21);1H/t12-,14+,15+;/m0./s1. The number of hydrogen-bond donors (Lipinski definition) is 2. The van der Waals surface area contributed by atoms with Crippen molar-refractivity contribution in [1.29, 1.82) is 0 Å². The Bertz CT molecular complexity index is 522. The maximum absolute atomic E-state index is 12.2. The minimum atomic E-state index is -0.0403. The zero-order valence-corrected chi connectivity index (χ0v) is 15.7. The lowest BCUT2D eigenvalue weighted by Gasteiger charge is -2.32. The number of amides is 1. The number of hydrogen-bond acceptors (Lipinski definition) is 4. The maximum atomic E-state index is 12.2. The molecule has 24 heavy (non-hydrogen) atoms. The van der Waals surface area contributed by atoms with E-state index in [1.165, 1.54) is 0 Å². The van der Waals surface area contributed by atoms with Crippen molar-refractivity contribution in [1.82, 2.24) is 5.32 Å². The van der Waals surface area contributed by atoms with Crippen molar-refractivity contribution in [2.75, 3.05) is 20.3 Å². The lowest BCUT2D eigenvalue weighted by atomic mass is 9.83. The summed E-state index contributed by atoms with van der Waals surface area (Å²) in [6.45, 7) is 2.77. The summed E-state index contributed by atoms with van der Waals surface area (Å²) in [6, 6.07) is 5.64. The van der Waals surface area contributed by atoms with E-state index in [0.29, 0.717) is 30.3 Å². The molecular weight excluding hydrogens is 351 g/mol. The van der Waals surface area contributed by atoms with Gasteiger partial charge in [0.2, 0.25) is 5.91 Å². The Labute approximate surface area is 154 Å². The molecule has 1 aromatic rings. The van der Waals surface area contributed by atoms with E-state index in [-0.39, 0.29) is 36.4 Å². The molecule has 1 aromatic carbocycles. The SMILES string of the molecule is CO[C@@H]1C[C@@H](C(=O)NCCOc2c(C)cccc2Cl)CC[C@H]1N.Cl. The second-order valence-corrected chi connectivity index (χ2v) is 6.38. The van der Waals surface area contributed by atoms with Gasteiger partial charge in [0, 0.05) is 19.1 Å². The summed E-state index contributed by atoms with van der Waals surface area (Å²) in [5, 5.41) is 3.50. The zero-order valence-electron chi connectivity index (χ0n) is 14.1. The van der Waals surface area contributed by atoms with Crippen molar-refractivity contribution in [3.63, 3.8) is 0 Å². The van der Waals surface area contributed by atoms with Gasteiger partial charge >= 0.3 is 0 Å². The van der Waals surface area contributed by atoms with Crippen LogP contribution in [0.5, 0.6) is 5.75 Å². The van der Waals surface area contributed by atoms with Gasteiger partial charge in [0.05, 0.1) is 17.7 Å². The average molecular weight is 377 g/mol. The molecule has 1 fully saturated rings. The highest BCUT2D eigenvalue weighted by molar-refractivity contribution is 6.32. The van der Waals surface area contributed by atoms with E-state index in [1.807, 2.05) is 19.1 Å². The van der Waals surface area contributed by atoms with Gasteiger partial charge in [-0.1, -0.05) is 23.7 Å². The van der Waals surface area contributed by atoms with Crippen molar-refractivity contribution in [3.05, 3.63) is 28.8 Å². The minimum absolute atomic E-state index is 0. The van der Waals surface area contributed by atoms with Gasteiger partial charge in [-0.25, -0.2) is 0 Å². The van der Waals surface area contributed by atoms with Crippen LogP contribution in [0.2, 0.25) is 5.02 Å². The molecule has 0 saturated heterocycles. The molecule has 0 aliphatic heterocycles. The van der Waals surface area contributed by atoms with Crippen LogP contribution >= 0.6 is 24.0 Å². The molecule has 0 radical (unpaired) electrons. The summed E-state index contributed by atoms with van der Waals surface area (Å²) in [5.74, 6) is 0.673. The lowest BCUT2D eigenvalue weighted by Crippen LogP contribution is -2.45. The predicted octanol–water partition coefficient (Wildman–Crippen LogP) is 2.71. The van der Waals surface area contributed by atoms with Crippen molar-refractivity contribution >= 4 is 29.9 Å². The highest BCUT2D eigenvalue weighted by atomic mass is 35.5. The van der Waals surface area contributed by atoms with Gasteiger partial charge in [-0.05, 0) is 37.8 Å². The van der Waals surface area contributed by atoms with Crippen LogP contribution in [0.25, 0.3) is 0 Å². The van der Waals surface area contributed by atoms with Gasteiger partial charge in [0.1, 0.15) is 12.4 Å². The van der Waals surface area contributed by atoms with Crippen LogP contribution in [-0.4, -0.2) is 38.3 Å². The molecule has 0 bridgehead atoms. The van der Waals surface area contributed by atoms with Crippen LogP contribution in [0, 0.1) is 12.8 Å². The fourth-order valence-electron chi connectivity index (χ4n) is 2.93. The number of halogens is 2. The molecule has 1 aliphatic carbocycles. The first-order valence-corrected chi connectivity index (χ1v) is 8.34. The van der Waals surface area contributed by atoms with E-state index in [1.54, 1.807) is 13.2 Å². The summed E-state index contributed by atoms with van der Waals surface area (Å²) in [4.78, 5) is 12.2. The first-order chi connectivity index (χ1) is 11.0. The monoisotopic (exact) mass is 376 g/mol. The Morgan fingerprint density at radius 2 is 2.17 bits per heavy atom. The van der Waals surface area contributed by atoms with Crippen molar-refractivity contribution in [3.8, 4) is 5.75 Å². The van der Waals surface area contributed by atoms with Gasteiger partial charge in [0.25, 0.3) is 0 Å². The Hall–Kier alpha value is -1.01. The number of methoxy groups -OCH3 is 1. The molecular formula is C17H26Cl2N2O3. The first kappa shape index (κ1) is 21.0. The second kappa shape index (κ2) is 10.1. The molecule has 0 spiro atoms. The number of nitrogens with two attached hydrogens (primary N) is 1. The number of ether oxygens (including phenoxy) is 2.